The highest BCUT2D eigenvalue weighted by atomic mass is 16.7. The van der Waals surface area contributed by atoms with E-state index in [1.165, 1.54) is 38.5 Å². The summed E-state index contributed by atoms with van der Waals surface area (Å²) in [4.78, 5) is 26.5. The molecule has 1 amide bonds. The Hall–Kier alpha value is -3.94. The number of carbonyl (C=O) groups is 2. The average Bonchev–Trinajstić information content (AvgIpc) is 3.47. The number of amides is 1. The second-order valence-corrected chi connectivity index (χ2v) is 21.1. The van der Waals surface area contributed by atoms with Crippen molar-refractivity contribution in [2.24, 2.45) is 0 Å². The lowest BCUT2D eigenvalue weighted by Crippen LogP contribution is -2.61. The van der Waals surface area contributed by atoms with Gasteiger partial charge in [-0.1, -0.05) is 251 Å². The van der Waals surface area contributed by atoms with Gasteiger partial charge in [-0.15, -0.1) is 0 Å². The molecule has 11 nitrogen and oxygen atoms in total. The Bertz CT molecular complexity index is 1740. The maximum absolute atomic E-state index is 13.4. The highest BCUT2D eigenvalue weighted by molar-refractivity contribution is 5.80. The van der Waals surface area contributed by atoms with Gasteiger partial charge in [-0.25, -0.2) is 0 Å². The molecular formula is C68H113NO10. The van der Waals surface area contributed by atoms with Crippen LogP contribution in [-0.2, 0) is 23.8 Å². The van der Waals surface area contributed by atoms with E-state index in [1.54, 1.807) is 6.08 Å². The third-order valence-corrected chi connectivity index (χ3v) is 13.9. The summed E-state index contributed by atoms with van der Waals surface area (Å²) in [5, 5.41) is 56.9. The fourth-order valence-electron chi connectivity index (χ4n) is 9.01. The molecule has 0 aromatic carbocycles. The Morgan fingerprint density at radius 1 is 0.519 bits per heavy atom. The highest BCUT2D eigenvalue weighted by Crippen LogP contribution is 2.26. The first-order chi connectivity index (χ1) is 38.7. The molecule has 79 heavy (non-hydrogen) atoms. The van der Waals surface area contributed by atoms with Crippen LogP contribution in [-0.4, -0.2) is 99.6 Å². The number of hydrogen-bond donors (Lipinski definition) is 6. The summed E-state index contributed by atoms with van der Waals surface area (Å²) in [6.07, 6.45) is 65.2. The predicted molar refractivity (Wildman–Crippen MR) is 328 cm³/mol. The van der Waals surface area contributed by atoms with Crippen LogP contribution in [0.2, 0.25) is 0 Å². The summed E-state index contributed by atoms with van der Waals surface area (Å²) >= 11 is 0. The third-order valence-electron chi connectivity index (χ3n) is 13.9. The monoisotopic (exact) mass is 1100 g/mol. The number of allylic oxidation sites excluding steroid dienone is 19. The Morgan fingerprint density at radius 3 is 1.51 bits per heavy atom. The van der Waals surface area contributed by atoms with Gasteiger partial charge in [-0.05, 0) is 96.3 Å². The van der Waals surface area contributed by atoms with E-state index in [2.05, 4.69) is 123 Å². The summed E-state index contributed by atoms with van der Waals surface area (Å²) in [5.41, 5.74) is 0. The van der Waals surface area contributed by atoms with Gasteiger partial charge in [-0.3, -0.25) is 9.59 Å². The first kappa shape index (κ1) is 73.1. The number of hydrogen-bond acceptors (Lipinski definition) is 10. The van der Waals surface area contributed by atoms with E-state index in [-0.39, 0.29) is 19.4 Å². The third kappa shape index (κ3) is 42.6. The summed E-state index contributed by atoms with van der Waals surface area (Å²) in [6, 6.07) is -1.04. The second kappa shape index (κ2) is 54.6. The van der Waals surface area contributed by atoms with Crippen LogP contribution in [0.4, 0.5) is 0 Å². The molecule has 0 saturated carbocycles. The van der Waals surface area contributed by atoms with Gasteiger partial charge in [0.2, 0.25) is 5.91 Å². The van der Waals surface area contributed by atoms with E-state index in [1.807, 2.05) is 18.2 Å². The van der Waals surface area contributed by atoms with Crippen LogP contribution in [0.25, 0.3) is 0 Å². The molecule has 0 bridgehead atoms. The van der Waals surface area contributed by atoms with Gasteiger partial charge < -0.3 is 45.1 Å². The molecule has 6 N–H and O–H groups in total. The quantitative estimate of drug-likeness (QED) is 0.0149. The molecular weight excluding hydrogens is 991 g/mol. The van der Waals surface area contributed by atoms with Gasteiger partial charge in [0.25, 0.3) is 0 Å². The molecule has 1 saturated heterocycles. The molecule has 0 aromatic rings. The van der Waals surface area contributed by atoms with Crippen LogP contribution in [0.15, 0.2) is 122 Å². The number of aliphatic hydroxyl groups is 5. The van der Waals surface area contributed by atoms with E-state index in [4.69, 9.17) is 14.2 Å². The summed E-state index contributed by atoms with van der Waals surface area (Å²) in [5.74, 6) is -1.23. The van der Waals surface area contributed by atoms with Gasteiger partial charge in [-0.2, -0.15) is 0 Å². The summed E-state index contributed by atoms with van der Waals surface area (Å²) < 4.78 is 17.6. The minimum Gasteiger partial charge on any atom is -0.454 e. The van der Waals surface area contributed by atoms with Crippen molar-refractivity contribution < 1.29 is 49.3 Å². The number of unbranched alkanes of at least 4 members (excludes halogenated alkanes) is 21. The van der Waals surface area contributed by atoms with Crippen LogP contribution in [0, 0.1) is 0 Å². The average molecular weight is 1100 g/mol. The van der Waals surface area contributed by atoms with Crippen molar-refractivity contribution in [3.8, 4) is 0 Å². The van der Waals surface area contributed by atoms with E-state index >= 15 is 0 Å². The normalized spacial score (nSPS) is 19.7. The van der Waals surface area contributed by atoms with Gasteiger partial charge >= 0.3 is 5.97 Å². The molecule has 450 valence electrons. The molecule has 0 spiro atoms. The zero-order chi connectivity index (χ0) is 57.5. The number of nitrogens with one attached hydrogen (secondary N) is 1. The van der Waals surface area contributed by atoms with Crippen molar-refractivity contribution in [3.05, 3.63) is 122 Å². The highest BCUT2D eigenvalue weighted by Gasteiger charge is 2.47. The zero-order valence-electron chi connectivity index (χ0n) is 49.7. The van der Waals surface area contributed by atoms with Gasteiger partial charge in [0.15, 0.2) is 12.4 Å². The summed E-state index contributed by atoms with van der Waals surface area (Å²) in [7, 11) is 0. The number of aliphatic hydroxyl groups excluding tert-OH is 5. The topological polar surface area (TPSA) is 175 Å². The molecule has 11 heteroatoms. The molecule has 1 heterocycles. The Morgan fingerprint density at radius 2 is 0.975 bits per heavy atom. The molecule has 1 rings (SSSR count). The van der Waals surface area contributed by atoms with Crippen molar-refractivity contribution in [3.63, 3.8) is 0 Å². The lowest BCUT2D eigenvalue weighted by atomic mass is 9.99. The standard InChI is InChI=1S/C68H113NO10/c1-4-7-10-13-16-19-22-24-26-27-28-29-30-31-32-33-34-35-36-38-41-44-47-50-53-56-63(73)79-66-65(75)64(74)62(57-70)78-68(66)77-58-59(60(71)54-51-48-45-42-39-21-18-15-12-9-6-3)69-67(76)61(72)55-52-49-46-43-40-37-25-23-20-17-14-11-8-5-2/h7-8,10-11,14,16-17,19-20,23-24,26,28-29,31-32,34-35,51,54,59-62,64-66,68,70-72,74-75H,4-6,9,12-13,15,18,21-22,25,27,30,33,36-50,52-53,55-58H2,1-3H3,(H,69,76)/b10-7-,11-8+,17-14+,19-16-,23-20+,26-24-,29-28-,32-31-,35-34-,54-51+. The van der Waals surface area contributed by atoms with Crippen molar-refractivity contribution in [1.82, 2.24) is 5.32 Å². The Balaban J connectivity index is 2.64. The van der Waals surface area contributed by atoms with Crippen LogP contribution >= 0.6 is 0 Å². The maximum Gasteiger partial charge on any atom is 0.306 e. The molecule has 8 atom stereocenters. The van der Waals surface area contributed by atoms with Gasteiger partial charge in [0.1, 0.15) is 24.4 Å². The Labute approximate surface area is 480 Å². The Kier molecular flexibility index (Phi) is 50.5. The second-order valence-electron chi connectivity index (χ2n) is 21.1. The predicted octanol–water partition coefficient (Wildman–Crippen LogP) is 15.1. The van der Waals surface area contributed by atoms with E-state index in [0.29, 0.717) is 12.8 Å². The largest absolute Gasteiger partial charge is 0.454 e. The van der Waals surface area contributed by atoms with Crippen LogP contribution in [0.1, 0.15) is 233 Å². The van der Waals surface area contributed by atoms with Crippen molar-refractivity contribution >= 4 is 11.9 Å². The van der Waals surface area contributed by atoms with Crippen LogP contribution < -0.4 is 5.32 Å². The first-order valence-electron chi connectivity index (χ1n) is 31.3. The number of esters is 1. The summed E-state index contributed by atoms with van der Waals surface area (Å²) in [6.45, 7) is 5.50. The molecule has 1 aliphatic rings. The zero-order valence-corrected chi connectivity index (χ0v) is 49.7. The number of carbonyl (C=O) groups excluding carboxylic acids is 2. The van der Waals surface area contributed by atoms with E-state index < -0.39 is 67.4 Å². The minimum absolute atomic E-state index is 0.0975. The van der Waals surface area contributed by atoms with Gasteiger partial charge in [0.05, 0.1) is 25.4 Å². The fraction of sp³-hybridized carbons (Fsp3) is 0.676. The molecule has 0 aromatic heterocycles. The molecule has 1 aliphatic heterocycles. The maximum atomic E-state index is 13.4. The number of rotatable bonds is 51. The van der Waals surface area contributed by atoms with Crippen molar-refractivity contribution in [2.75, 3.05) is 13.2 Å². The molecule has 0 aliphatic carbocycles. The molecule has 0 radical (unpaired) electrons. The van der Waals surface area contributed by atoms with Crippen LogP contribution in [0.3, 0.4) is 0 Å². The van der Waals surface area contributed by atoms with Crippen LogP contribution in [0.5, 0.6) is 0 Å². The minimum atomic E-state index is -1.63. The lowest BCUT2D eigenvalue weighted by Gasteiger charge is -2.41. The molecule has 8 unspecified atom stereocenters. The number of ether oxygens (including phenoxy) is 3. The molecule has 1 fully saturated rings. The van der Waals surface area contributed by atoms with E-state index in [9.17, 15) is 35.1 Å². The lowest BCUT2D eigenvalue weighted by molar-refractivity contribution is -0.305. The van der Waals surface area contributed by atoms with E-state index in [0.717, 1.165) is 148 Å². The van der Waals surface area contributed by atoms with Gasteiger partial charge in [0, 0.05) is 6.42 Å². The van der Waals surface area contributed by atoms with Crippen molar-refractivity contribution in [1.29, 1.82) is 0 Å². The smallest absolute Gasteiger partial charge is 0.306 e. The fourth-order valence-corrected chi connectivity index (χ4v) is 9.01. The first-order valence-corrected chi connectivity index (χ1v) is 31.3. The van der Waals surface area contributed by atoms with Crippen molar-refractivity contribution in [2.45, 2.75) is 282 Å². The SMILES string of the molecule is CC/C=C\C/C=C\C/C=C\C/C=C\C/C=C\C/C=C\CCCCCCCCC(=O)OC1C(OCC(NC(=O)C(O)CCCCCCCC/C=C/C=C/C=C/CC)C(O)/C=C/CCCCCCCCCCC)OC(CO)C(O)C1O.